The molecule has 0 fully saturated rings. The number of para-hydroxylation sites is 2. The first-order valence-electron chi connectivity index (χ1n) is 16.9. The Balaban J connectivity index is 1.19. The van der Waals surface area contributed by atoms with Crippen molar-refractivity contribution in [3.05, 3.63) is 209 Å². The Morgan fingerprint density at radius 1 is 0.373 bits per heavy atom. The Labute approximate surface area is 294 Å². The van der Waals surface area contributed by atoms with Gasteiger partial charge in [-0.25, -0.2) is 0 Å². The average Bonchev–Trinajstić information content (AvgIpc) is 3.20. The SMILES string of the molecule is O=c1c2cc3ccccc3c(=O)n2c2ccc(-c3ccc(N(c4ccccc4)c4cccc(-c5ccccc5)c4)cc3)cc2n1-c1ccccc1. The standard InChI is InChI=1S/C46H31N3O2/c50-45-41-22-11-10-15-36(41)31-44-46(51)48(38-19-8-3-9-20-38)43-30-35(25-28-42(43)49(44)45)33-23-26-39(27-24-33)47(37-17-6-2-7-18-37)40-21-12-16-34(29-40)32-13-4-1-5-14-32/h1-31H. The molecule has 2 heterocycles. The Hall–Kier alpha value is -6.98. The van der Waals surface area contributed by atoms with Crippen molar-refractivity contribution in [3.8, 4) is 27.9 Å². The predicted molar refractivity (Wildman–Crippen MR) is 210 cm³/mol. The summed E-state index contributed by atoms with van der Waals surface area (Å²) in [5.74, 6) is 0. The molecule has 0 radical (unpaired) electrons. The van der Waals surface area contributed by atoms with Crippen molar-refractivity contribution in [1.82, 2.24) is 8.97 Å². The van der Waals surface area contributed by atoms with Gasteiger partial charge in [0, 0.05) is 28.1 Å². The van der Waals surface area contributed by atoms with E-state index in [0.29, 0.717) is 21.9 Å². The zero-order chi connectivity index (χ0) is 34.3. The number of rotatable bonds is 6. The van der Waals surface area contributed by atoms with Gasteiger partial charge in [0.15, 0.2) is 0 Å². The summed E-state index contributed by atoms with van der Waals surface area (Å²) in [5.41, 5.74) is 9.29. The van der Waals surface area contributed by atoms with Crippen LogP contribution in [0.25, 0.3) is 55.3 Å². The molecule has 9 aromatic rings. The molecule has 0 saturated heterocycles. The van der Waals surface area contributed by atoms with Gasteiger partial charge in [-0.15, -0.1) is 0 Å². The number of pyridine rings is 1. The fourth-order valence-corrected chi connectivity index (χ4v) is 7.07. The van der Waals surface area contributed by atoms with Crippen LogP contribution >= 0.6 is 0 Å². The summed E-state index contributed by atoms with van der Waals surface area (Å²) in [6.45, 7) is 0. The van der Waals surface area contributed by atoms with Gasteiger partial charge >= 0.3 is 0 Å². The molecule has 0 spiro atoms. The number of hydrogen-bond acceptors (Lipinski definition) is 3. The molecule has 7 aromatic carbocycles. The summed E-state index contributed by atoms with van der Waals surface area (Å²) in [6.07, 6.45) is 0. The summed E-state index contributed by atoms with van der Waals surface area (Å²) in [4.78, 5) is 30.4. The van der Waals surface area contributed by atoms with Gasteiger partial charge in [0.25, 0.3) is 11.1 Å². The van der Waals surface area contributed by atoms with E-state index in [9.17, 15) is 9.59 Å². The molecule has 0 aliphatic carbocycles. The largest absolute Gasteiger partial charge is 0.310 e. The average molecular weight is 658 g/mol. The van der Waals surface area contributed by atoms with E-state index in [1.165, 1.54) is 0 Å². The van der Waals surface area contributed by atoms with Gasteiger partial charge in [0.05, 0.1) is 11.0 Å². The Kier molecular flexibility index (Phi) is 7.37. The third kappa shape index (κ3) is 5.29. The van der Waals surface area contributed by atoms with Crippen LogP contribution in [0.4, 0.5) is 17.1 Å². The highest BCUT2D eigenvalue weighted by Gasteiger charge is 2.18. The fourth-order valence-electron chi connectivity index (χ4n) is 7.07. The minimum Gasteiger partial charge on any atom is -0.310 e. The molecule has 0 saturated carbocycles. The van der Waals surface area contributed by atoms with Gasteiger partial charge in [-0.2, -0.15) is 0 Å². The van der Waals surface area contributed by atoms with Gasteiger partial charge in [-0.3, -0.25) is 18.6 Å². The molecule has 0 bridgehead atoms. The summed E-state index contributed by atoms with van der Waals surface area (Å²) in [6, 6.07) is 62.7. The molecule has 0 amide bonds. The molecule has 0 unspecified atom stereocenters. The monoisotopic (exact) mass is 657 g/mol. The fraction of sp³-hybridized carbons (Fsp3) is 0. The van der Waals surface area contributed by atoms with Crippen molar-refractivity contribution in [3.63, 3.8) is 0 Å². The molecule has 5 heteroatoms. The first-order valence-corrected chi connectivity index (χ1v) is 16.9. The molecule has 5 nitrogen and oxygen atoms in total. The van der Waals surface area contributed by atoms with Crippen LogP contribution in [-0.2, 0) is 0 Å². The first kappa shape index (κ1) is 30.1. The zero-order valence-corrected chi connectivity index (χ0v) is 27.6. The van der Waals surface area contributed by atoms with Crippen molar-refractivity contribution >= 4 is 44.4 Å². The number of aromatic nitrogens is 2. The highest BCUT2D eigenvalue weighted by Crippen LogP contribution is 2.37. The van der Waals surface area contributed by atoms with E-state index < -0.39 is 0 Å². The molecule has 0 aliphatic heterocycles. The molecular weight excluding hydrogens is 627 g/mol. The quantitative estimate of drug-likeness (QED) is 0.132. The highest BCUT2D eigenvalue weighted by atomic mass is 16.1. The molecular formula is C46H31N3O2. The van der Waals surface area contributed by atoms with Crippen LogP contribution in [0.1, 0.15) is 0 Å². The lowest BCUT2D eigenvalue weighted by Gasteiger charge is -2.26. The van der Waals surface area contributed by atoms with Crippen LogP contribution < -0.4 is 16.0 Å². The molecule has 9 rings (SSSR count). The third-order valence-electron chi connectivity index (χ3n) is 9.51. The minimum absolute atomic E-state index is 0.208. The van der Waals surface area contributed by atoms with E-state index in [-0.39, 0.29) is 11.1 Å². The second kappa shape index (κ2) is 12.5. The van der Waals surface area contributed by atoms with Crippen LogP contribution in [0.15, 0.2) is 198 Å². The maximum atomic E-state index is 14.3. The van der Waals surface area contributed by atoms with Gasteiger partial charge in [-0.05, 0) is 100 Å². The summed E-state index contributed by atoms with van der Waals surface area (Å²) in [7, 11) is 0. The molecule has 0 atom stereocenters. The summed E-state index contributed by atoms with van der Waals surface area (Å²) < 4.78 is 3.28. The number of benzene rings is 7. The van der Waals surface area contributed by atoms with Crippen molar-refractivity contribution in [2.75, 3.05) is 4.90 Å². The molecule has 0 N–H and O–H groups in total. The maximum Gasteiger partial charge on any atom is 0.280 e. The number of hydrogen-bond donors (Lipinski definition) is 0. The Morgan fingerprint density at radius 3 is 1.71 bits per heavy atom. The van der Waals surface area contributed by atoms with Crippen molar-refractivity contribution < 1.29 is 0 Å². The normalized spacial score (nSPS) is 11.3. The summed E-state index contributed by atoms with van der Waals surface area (Å²) in [5, 5.41) is 1.32. The predicted octanol–water partition coefficient (Wildman–Crippen LogP) is 10.6. The molecule has 51 heavy (non-hydrogen) atoms. The Bertz CT molecular complexity index is 2830. The molecule has 0 aliphatic rings. The van der Waals surface area contributed by atoms with E-state index in [2.05, 4.69) is 102 Å². The lowest BCUT2D eigenvalue weighted by Crippen LogP contribution is -2.27. The van der Waals surface area contributed by atoms with Crippen molar-refractivity contribution in [1.29, 1.82) is 0 Å². The van der Waals surface area contributed by atoms with E-state index in [1.54, 1.807) is 8.97 Å². The lowest BCUT2D eigenvalue weighted by molar-refractivity contribution is 1.01. The van der Waals surface area contributed by atoms with Gasteiger partial charge in [0.2, 0.25) is 0 Å². The second-order valence-electron chi connectivity index (χ2n) is 12.6. The minimum atomic E-state index is -0.250. The molecule has 2 aromatic heterocycles. The maximum absolute atomic E-state index is 14.3. The van der Waals surface area contributed by atoms with E-state index in [0.717, 1.165) is 50.4 Å². The Morgan fingerprint density at radius 2 is 0.941 bits per heavy atom. The van der Waals surface area contributed by atoms with Crippen molar-refractivity contribution in [2.45, 2.75) is 0 Å². The van der Waals surface area contributed by atoms with Gasteiger partial charge < -0.3 is 4.90 Å². The van der Waals surface area contributed by atoms with Crippen LogP contribution in [0, 0.1) is 0 Å². The van der Waals surface area contributed by atoms with E-state index in [4.69, 9.17) is 0 Å². The number of anilines is 3. The van der Waals surface area contributed by atoms with Crippen molar-refractivity contribution in [2.24, 2.45) is 0 Å². The summed E-state index contributed by atoms with van der Waals surface area (Å²) >= 11 is 0. The molecule has 242 valence electrons. The smallest absolute Gasteiger partial charge is 0.280 e. The first-order chi connectivity index (χ1) is 25.1. The second-order valence-corrected chi connectivity index (χ2v) is 12.6. The van der Waals surface area contributed by atoms with Crippen LogP contribution in [-0.4, -0.2) is 8.97 Å². The van der Waals surface area contributed by atoms with Gasteiger partial charge in [-0.1, -0.05) is 115 Å². The van der Waals surface area contributed by atoms with Crippen LogP contribution in [0.2, 0.25) is 0 Å². The topological polar surface area (TPSA) is 46.7 Å². The number of fused-ring (bicyclic) bond motifs is 4. The highest BCUT2D eigenvalue weighted by molar-refractivity contribution is 5.91. The van der Waals surface area contributed by atoms with Crippen LogP contribution in [0.3, 0.4) is 0 Å². The van der Waals surface area contributed by atoms with E-state index in [1.807, 2.05) is 91.0 Å². The van der Waals surface area contributed by atoms with Gasteiger partial charge in [0.1, 0.15) is 5.52 Å². The zero-order valence-electron chi connectivity index (χ0n) is 27.6. The number of nitrogens with zero attached hydrogens (tertiary/aromatic N) is 3. The van der Waals surface area contributed by atoms with E-state index >= 15 is 0 Å². The third-order valence-corrected chi connectivity index (χ3v) is 9.51. The van der Waals surface area contributed by atoms with Crippen LogP contribution in [0.5, 0.6) is 0 Å². The lowest BCUT2D eigenvalue weighted by atomic mass is 10.0.